The molecule has 102 valence electrons. The molecular weight excluding hydrogens is 216 g/mol. The Balaban J connectivity index is 4.52. The van der Waals surface area contributed by atoms with Gasteiger partial charge in [-0.05, 0) is 39.8 Å². The molecule has 0 amide bonds. The van der Waals surface area contributed by atoms with Crippen LogP contribution < -0.4 is 5.32 Å². The standard InChI is InChI=1S/C13H28N2O2/c1-10(15(7)9-12(2,3)4)8-13(5,14-6)11(16)17/h10,14H,8-9H2,1-7H3,(H,16,17). The molecule has 17 heavy (non-hydrogen) atoms. The van der Waals surface area contributed by atoms with E-state index in [4.69, 9.17) is 0 Å². The van der Waals surface area contributed by atoms with Crippen LogP contribution >= 0.6 is 0 Å². The molecule has 0 spiro atoms. The fourth-order valence-corrected chi connectivity index (χ4v) is 1.95. The van der Waals surface area contributed by atoms with Crippen LogP contribution in [0.25, 0.3) is 0 Å². The molecule has 4 heteroatoms. The van der Waals surface area contributed by atoms with Gasteiger partial charge in [-0.2, -0.15) is 0 Å². The number of nitrogens with one attached hydrogen (secondary N) is 1. The molecule has 4 nitrogen and oxygen atoms in total. The highest BCUT2D eigenvalue weighted by Crippen LogP contribution is 2.20. The molecule has 2 N–H and O–H groups in total. The van der Waals surface area contributed by atoms with E-state index in [0.717, 1.165) is 6.54 Å². The average molecular weight is 244 g/mol. The number of likely N-dealkylation sites (N-methyl/N-ethyl adjacent to an activating group) is 1. The van der Waals surface area contributed by atoms with E-state index in [1.165, 1.54) is 0 Å². The van der Waals surface area contributed by atoms with Crippen molar-refractivity contribution in [2.75, 3.05) is 20.6 Å². The molecular formula is C13H28N2O2. The summed E-state index contributed by atoms with van der Waals surface area (Å²) in [5.41, 5.74) is -0.631. The van der Waals surface area contributed by atoms with Gasteiger partial charge < -0.3 is 15.3 Å². The lowest BCUT2D eigenvalue weighted by atomic mass is 9.91. The molecule has 0 aromatic heterocycles. The van der Waals surface area contributed by atoms with E-state index >= 15 is 0 Å². The van der Waals surface area contributed by atoms with E-state index in [1.807, 2.05) is 7.05 Å². The Morgan fingerprint density at radius 3 is 2.12 bits per heavy atom. The lowest BCUT2D eigenvalue weighted by Gasteiger charge is -2.35. The number of carbonyl (C=O) groups is 1. The highest BCUT2D eigenvalue weighted by molar-refractivity contribution is 5.78. The zero-order valence-corrected chi connectivity index (χ0v) is 12.3. The van der Waals surface area contributed by atoms with Crippen molar-refractivity contribution in [2.24, 2.45) is 5.41 Å². The van der Waals surface area contributed by atoms with E-state index in [1.54, 1.807) is 14.0 Å². The van der Waals surface area contributed by atoms with Gasteiger partial charge in [-0.3, -0.25) is 4.79 Å². The van der Waals surface area contributed by atoms with Crippen LogP contribution in [0.2, 0.25) is 0 Å². The smallest absolute Gasteiger partial charge is 0.323 e. The normalized spacial score (nSPS) is 17.9. The fraction of sp³-hybridized carbons (Fsp3) is 0.923. The van der Waals surface area contributed by atoms with E-state index in [0.29, 0.717) is 6.42 Å². The number of carboxylic acids is 1. The molecule has 0 fully saturated rings. The van der Waals surface area contributed by atoms with E-state index in [-0.39, 0.29) is 11.5 Å². The van der Waals surface area contributed by atoms with Crippen LogP contribution in [0.4, 0.5) is 0 Å². The lowest BCUT2D eigenvalue weighted by Crippen LogP contribution is -2.52. The second-order valence-corrected chi connectivity index (χ2v) is 6.42. The number of hydrogen-bond acceptors (Lipinski definition) is 3. The first kappa shape index (κ1) is 16.4. The van der Waals surface area contributed by atoms with Crippen LogP contribution in [0.5, 0.6) is 0 Å². The number of carboxylic acid groups (broad SMARTS) is 1. The van der Waals surface area contributed by atoms with Crippen molar-refractivity contribution in [1.29, 1.82) is 0 Å². The molecule has 0 radical (unpaired) electrons. The molecule has 2 atom stereocenters. The van der Waals surface area contributed by atoms with Gasteiger partial charge in [0.15, 0.2) is 0 Å². The van der Waals surface area contributed by atoms with Crippen LogP contribution in [0, 0.1) is 5.41 Å². The number of rotatable bonds is 6. The lowest BCUT2D eigenvalue weighted by molar-refractivity contribution is -0.144. The largest absolute Gasteiger partial charge is 0.480 e. The molecule has 0 aliphatic rings. The summed E-state index contributed by atoms with van der Waals surface area (Å²) in [6, 6.07) is 0.225. The minimum absolute atomic E-state index is 0.224. The first-order valence-electron chi connectivity index (χ1n) is 6.14. The minimum atomic E-state index is -0.856. The quantitative estimate of drug-likeness (QED) is 0.748. The topological polar surface area (TPSA) is 52.6 Å². The second-order valence-electron chi connectivity index (χ2n) is 6.42. The zero-order chi connectivity index (χ0) is 13.9. The van der Waals surface area contributed by atoms with Crippen LogP contribution in [0.15, 0.2) is 0 Å². The zero-order valence-electron chi connectivity index (χ0n) is 12.3. The third kappa shape index (κ3) is 5.50. The minimum Gasteiger partial charge on any atom is -0.480 e. The maximum Gasteiger partial charge on any atom is 0.323 e. The van der Waals surface area contributed by atoms with Gasteiger partial charge in [0, 0.05) is 12.6 Å². The van der Waals surface area contributed by atoms with Gasteiger partial charge in [0.1, 0.15) is 5.54 Å². The van der Waals surface area contributed by atoms with E-state index in [2.05, 4.69) is 37.9 Å². The average Bonchev–Trinajstić information content (AvgIpc) is 2.14. The van der Waals surface area contributed by atoms with E-state index in [9.17, 15) is 9.90 Å². The summed E-state index contributed by atoms with van der Waals surface area (Å²) in [6.07, 6.45) is 0.589. The van der Waals surface area contributed by atoms with Crippen molar-refractivity contribution in [3.8, 4) is 0 Å². The van der Waals surface area contributed by atoms with Crippen molar-refractivity contribution in [1.82, 2.24) is 10.2 Å². The highest BCUT2D eigenvalue weighted by atomic mass is 16.4. The van der Waals surface area contributed by atoms with Crippen molar-refractivity contribution in [3.63, 3.8) is 0 Å². The summed E-state index contributed by atoms with van der Waals surface area (Å²) in [5, 5.41) is 12.1. The molecule has 0 saturated heterocycles. The van der Waals surface area contributed by atoms with Crippen molar-refractivity contribution >= 4 is 5.97 Å². The SMILES string of the molecule is CNC(C)(CC(C)N(C)CC(C)(C)C)C(=O)O. The Labute approximate surface area is 105 Å². The Morgan fingerprint density at radius 2 is 1.82 bits per heavy atom. The fourth-order valence-electron chi connectivity index (χ4n) is 1.95. The molecule has 0 heterocycles. The Bertz CT molecular complexity index is 261. The molecule has 0 rings (SSSR count). The number of nitrogens with zero attached hydrogens (tertiary/aromatic N) is 1. The monoisotopic (exact) mass is 244 g/mol. The third-order valence-corrected chi connectivity index (χ3v) is 3.20. The Kier molecular flexibility index (Phi) is 5.62. The van der Waals surface area contributed by atoms with Gasteiger partial charge in [-0.15, -0.1) is 0 Å². The van der Waals surface area contributed by atoms with Crippen molar-refractivity contribution in [3.05, 3.63) is 0 Å². The van der Waals surface area contributed by atoms with Gasteiger partial charge in [0.2, 0.25) is 0 Å². The number of hydrogen-bond donors (Lipinski definition) is 2. The van der Waals surface area contributed by atoms with Gasteiger partial charge in [-0.25, -0.2) is 0 Å². The molecule has 0 aliphatic heterocycles. The third-order valence-electron chi connectivity index (χ3n) is 3.20. The molecule has 2 unspecified atom stereocenters. The van der Waals surface area contributed by atoms with Gasteiger partial charge in [-0.1, -0.05) is 20.8 Å². The predicted molar refractivity (Wildman–Crippen MR) is 71.3 cm³/mol. The Morgan fingerprint density at radius 1 is 1.35 bits per heavy atom. The van der Waals surface area contributed by atoms with Gasteiger partial charge >= 0.3 is 5.97 Å². The molecule has 0 aromatic carbocycles. The van der Waals surface area contributed by atoms with Crippen LogP contribution in [0.3, 0.4) is 0 Å². The van der Waals surface area contributed by atoms with Gasteiger partial charge in [0.25, 0.3) is 0 Å². The Hall–Kier alpha value is -0.610. The summed E-state index contributed by atoms with van der Waals surface area (Å²) >= 11 is 0. The summed E-state index contributed by atoms with van der Waals surface area (Å²) in [5.74, 6) is -0.795. The molecule has 0 bridgehead atoms. The maximum atomic E-state index is 11.2. The summed E-state index contributed by atoms with van der Waals surface area (Å²) in [7, 11) is 3.75. The molecule has 0 aromatic rings. The first-order valence-corrected chi connectivity index (χ1v) is 6.14. The molecule has 0 saturated carbocycles. The van der Waals surface area contributed by atoms with Crippen LogP contribution in [0.1, 0.15) is 41.0 Å². The second kappa shape index (κ2) is 5.83. The summed E-state index contributed by atoms with van der Waals surface area (Å²) < 4.78 is 0. The van der Waals surface area contributed by atoms with Crippen molar-refractivity contribution in [2.45, 2.75) is 52.6 Å². The van der Waals surface area contributed by atoms with Gasteiger partial charge in [0.05, 0.1) is 0 Å². The van der Waals surface area contributed by atoms with Crippen LogP contribution in [-0.4, -0.2) is 48.2 Å². The van der Waals surface area contributed by atoms with E-state index < -0.39 is 11.5 Å². The number of aliphatic carboxylic acids is 1. The van der Waals surface area contributed by atoms with Crippen LogP contribution in [-0.2, 0) is 4.79 Å². The highest BCUT2D eigenvalue weighted by Gasteiger charge is 2.34. The predicted octanol–water partition coefficient (Wildman–Crippen LogP) is 1.81. The summed E-state index contributed by atoms with van der Waals surface area (Å²) in [6.45, 7) is 11.3. The summed E-state index contributed by atoms with van der Waals surface area (Å²) in [4.78, 5) is 13.4. The van der Waals surface area contributed by atoms with Crippen molar-refractivity contribution < 1.29 is 9.90 Å². The molecule has 0 aliphatic carbocycles. The first-order chi connectivity index (χ1) is 7.52. The maximum absolute atomic E-state index is 11.2.